The molecule has 0 spiro atoms. The minimum atomic E-state index is -0.690. The number of aromatic nitrogens is 1. The summed E-state index contributed by atoms with van der Waals surface area (Å²) in [5, 5.41) is 0.353. The van der Waals surface area contributed by atoms with Crippen molar-refractivity contribution >= 4 is 28.5 Å². The van der Waals surface area contributed by atoms with Crippen LogP contribution in [0.5, 0.6) is 17.4 Å². The Balaban J connectivity index is 2.44. The third kappa shape index (κ3) is 6.08. The lowest BCUT2D eigenvalue weighted by Crippen LogP contribution is -2.36. The summed E-state index contributed by atoms with van der Waals surface area (Å²) in [4.78, 5) is 30.6. The topological polar surface area (TPSA) is 87.2 Å². The van der Waals surface area contributed by atoms with Crippen molar-refractivity contribution in [3.63, 3.8) is 0 Å². The van der Waals surface area contributed by atoms with Crippen LogP contribution in [0.1, 0.15) is 38.1 Å². The number of hydrogen-bond donors (Lipinski definition) is 0. The number of thiazole rings is 1. The summed E-state index contributed by atoms with van der Waals surface area (Å²) >= 11 is 1.23. The molecule has 0 unspecified atom stereocenters. The molecule has 0 fully saturated rings. The number of ether oxygens (including phenoxy) is 4. The van der Waals surface area contributed by atoms with Gasteiger partial charge in [0.05, 0.1) is 25.6 Å². The van der Waals surface area contributed by atoms with Crippen LogP contribution in [0, 0.1) is 6.92 Å². The molecule has 2 rings (SSSR count). The standard InChI is InChI=1S/C20H26N2O6S/c1-12-17(27-13(2)23)21-18(29-12)22(19(24)28-20(3,4)5)11-14-8-9-15(25-6)10-16(14)26-7/h8-10H,11H2,1-7H3. The van der Waals surface area contributed by atoms with Crippen LogP contribution in [0.3, 0.4) is 0 Å². The molecule has 0 radical (unpaired) electrons. The lowest BCUT2D eigenvalue weighted by Gasteiger charge is -2.26. The average Bonchev–Trinajstić information content (AvgIpc) is 2.97. The minimum absolute atomic E-state index is 0.147. The van der Waals surface area contributed by atoms with Crippen molar-refractivity contribution in [2.75, 3.05) is 19.1 Å². The first-order valence-electron chi connectivity index (χ1n) is 8.91. The van der Waals surface area contributed by atoms with E-state index in [9.17, 15) is 9.59 Å². The maximum Gasteiger partial charge on any atom is 0.416 e. The Bertz CT molecular complexity index is 888. The molecule has 0 aliphatic carbocycles. The Morgan fingerprint density at radius 3 is 2.41 bits per heavy atom. The Labute approximate surface area is 174 Å². The van der Waals surface area contributed by atoms with Crippen LogP contribution >= 0.6 is 11.3 Å². The smallest absolute Gasteiger partial charge is 0.416 e. The molecule has 1 aromatic heterocycles. The van der Waals surface area contributed by atoms with Gasteiger partial charge >= 0.3 is 12.1 Å². The number of rotatable bonds is 6. The lowest BCUT2D eigenvalue weighted by molar-refractivity contribution is -0.132. The fourth-order valence-corrected chi connectivity index (χ4v) is 3.22. The molecular formula is C20H26N2O6S. The number of esters is 1. The summed E-state index contributed by atoms with van der Waals surface area (Å²) in [6.45, 7) is 8.57. The van der Waals surface area contributed by atoms with Gasteiger partial charge in [-0.3, -0.25) is 4.79 Å². The summed E-state index contributed by atoms with van der Waals surface area (Å²) in [5.41, 5.74) is 0.0469. The van der Waals surface area contributed by atoms with Gasteiger partial charge in [0, 0.05) is 18.6 Å². The van der Waals surface area contributed by atoms with Crippen LogP contribution in [0.25, 0.3) is 0 Å². The van der Waals surface area contributed by atoms with Gasteiger partial charge in [-0.2, -0.15) is 4.98 Å². The number of carbonyl (C=O) groups excluding carboxylic acids is 2. The number of nitrogens with zero attached hydrogens (tertiary/aromatic N) is 2. The molecule has 1 heterocycles. The summed E-state index contributed by atoms with van der Waals surface area (Å²) in [6, 6.07) is 5.32. The van der Waals surface area contributed by atoms with E-state index in [1.165, 1.54) is 23.2 Å². The van der Waals surface area contributed by atoms with Gasteiger partial charge in [-0.1, -0.05) is 11.3 Å². The molecule has 0 atom stereocenters. The summed E-state index contributed by atoms with van der Waals surface area (Å²) in [5.74, 6) is 0.890. The SMILES string of the molecule is COc1ccc(CN(C(=O)OC(C)(C)C)c2nc(OC(C)=O)c(C)s2)c(OC)c1. The van der Waals surface area contributed by atoms with Crippen LogP contribution < -0.4 is 19.1 Å². The van der Waals surface area contributed by atoms with E-state index in [0.717, 1.165) is 5.56 Å². The Hall–Kier alpha value is -2.81. The highest BCUT2D eigenvalue weighted by Gasteiger charge is 2.28. The monoisotopic (exact) mass is 422 g/mol. The second-order valence-electron chi connectivity index (χ2n) is 7.20. The van der Waals surface area contributed by atoms with Crippen molar-refractivity contribution in [2.24, 2.45) is 0 Å². The van der Waals surface area contributed by atoms with Crippen LogP contribution in [-0.4, -0.2) is 36.9 Å². The number of benzene rings is 1. The molecule has 29 heavy (non-hydrogen) atoms. The Morgan fingerprint density at radius 2 is 1.86 bits per heavy atom. The van der Waals surface area contributed by atoms with E-state index < -0.39 is 17.7 Å². The lowest BCUT2D eigenvalue weighted by atomic mass is 10.2. The van der Waals surface area contributed by atoms with Gasteiger partial charge in [0.1, 0.15) is 17.1 Å². The van der Waals surface area contributed by atoms with E-state index in [0.29, 0.717) is 21.5 Å². The zero-order chi connectivity index (χ0) is 21.8. The normalized spacial score (nSPS) is 11.0. The maximum atomic E-state index is 12.9. The molecule has 0 N–H and O–H groups in total. The van der Waals surface area contributed by atoms with Crippen LogP contribution in [0.15, 0.2) is 18.2 Å². The zero-order valence-corrected chi connectivity index (χ0v) is 18.5. The average molecular weight is 423 g/mol. The van der Waals surface area contributed by atoms with Gasteiger partial charge in [0.15, 0.2) is 5.13 Å². The van der Waals surface area contributed by atoms with E-state index in [-0.39, 0.29) is 12.4 Å². The number of carbonyl (C=O) groups is 2. The van der Waals surface area contributed by atoms with Crippen molar-refractivity contribution in [3.8, 4) is 17.4 Å². The predicted molar refractivity (Wildman–Crippen MR) is 110 cm³/mol. The van der Waals surface area contributed by atoms with Gasteiger partial charge in [-0.15, -0.1) is 0 Å². The number of hydrogen-bond acceptors (Lipinski definition) is 8. The van der Waals surface area contributed by atoms with Gasteiger partial charge < -0.3 is 18.9 Å². The molecular weight excluding hydrogens is 396 g/mol. The van der Waals surface area contributed by atoms with Crippen molar-refractivity contribution < 1.29 is 28.5 Å². The molecule has 1 aromatic carbocycles. The molecule has 2 aromatic rings. The number of aryl methyl sites for hydroxylation is 1. The third-order valence-corrected chi connectivity index (χ3v) is 4.63. The second kappa shape index (κ2) is 9.13. The van der Waals surface area contributed by atoms with E-state index in [1.54, 1.807) is 54.0 Å². The highest BCUT2D eigenvalue weighted by atomic mass is 32.1. The van der Waals surface area contributed by atoms with Crippen molar-refractivity contribution in [1.29, 1.82) is 0 Å². The Kier molecular flexibility index (Phi) is 7.07. The summed E-state index contributed by atoms with van der Waals surface area (Å²) < 4.78 is 21.3. The van der Waals surface area contributed by atoms with Crippen molar-refractivity contribution in [1.82, 2.24) is 4.98 Å². The fourth-order valence-electron chi connectivity index (χ4n) is 2.40. The largest absolute Gasteiger partial charge is 0.497 e. The highest BCUT2D eigenvalue weighted by molar-refractivity contribution is 7.16. The fraction of sp³-hybridized carbons (Fsp3) is 0.450. The van der Waals surface area contributed by atoms with Crippen LogP contribution in [0.4, 0.5) is 9.93 Å². The van der Waals surface area contributed by atoms with Gasteiger partial charge in [-0.05, 0) is 39.8 Å². The minimum Gasteiger partial charge on any atom is -0.497 e. The Morgan fingerprint density at radius 1 is 1.17 bits per heavy atom. The molecule has 0 saturated heterocycles. The maximum absolute atomic E-state index is 12.9. The molecule has 0 saturated carbocycles. The van der Waals surface area contributed by atoms with Gasteiger partial charge in [-0.25, -0.2) is 9.69 Å². The first-order chi connectivity index (χ1) is 13.5. The molecule has 9 heteroatoms. The predicted octanol–water partition coefficient (Wildman–Crippen LogP) is 4.34. The number of methoxy groups -OCH3 is 2. The zero-order valence-electron chi connectivity index (χ0n) is 17.7. The molecule has 0 aliphatic rings. The highest BCUT2D eigenvalue weighted by Crippen LogP contribution is 2.34. The molecule has 0 aliphatic heterocycles. The third-order valence-electron chi connectivity index (χ3n) is 3.65. The van der Waals surface area contributed by atoms with E-state index in [2.05, 4.69) is 4.98 Å². The van der Waals surface area contributed by atoms with Crippen molar-refractivity contribution in [2.45, 2.75) is 46.8 Å². The van der Waals surface area contributed by atoms with Crippen molar-refractivity contribution in [3.05, 3.63) is 28.6 Å². The van der Waals surface area contributed by atoms with Crippen LogP contribution in [0.2, 0.25) is 0 Å². The van der Waals surface area contributed by atoms with E-state index >= 15 is 0 Å². The van der Waals surface area contributed by atoms with Crippen LogP contribution in [-0.2, 0) is 16.1 Å². The van der Waals surface area contributed by atoms with Gasteiger partial charge in [0.2, 0.25) is 5.88 Å². The summed E-state index contributed by atoms with van der Waals surface area (Å²) in [6.07, 6.45) is -0.571. The molecule has 0 bridgehead atoms. The molecule has 8 nitrogen and oxygen atoms in total. The molecule has 1 amide bonds. The quantitative estimate of drug-likeness (QED) is 0.640. The first-order valence-corrected chi connectivity index (χ1v) is 9.73. The summed E-state index contributed by atoms with van der Waals surface area (Å²) in [7, 11) is 3.11. The number of amides is 1. The van der Waals surface area contributed by atoms with E-state index in [4.69, 9.17) is 18.9 Å². The van der Waals surface area contributed by atoms with E-state index in [1.807, 2.05) is 6.07 Å². The number of anilines is 1. The molecule has 158 valence electrons. The van der Waals surface area contributed by atoms with Gasteiger partial charge in [0.25, 0.3) is 0 Å². The second-order valence-corrected chi connectivity index (χ2v) is 8.38. The first kappa shape index (κ1) is 22.5.